The van der Waals surface area contributed by atoms with E-state index in [1.165, 1.54) is 0 Å². The molecule has 0 aliphatic carbocycles. The van der Waals surface area contributed by atoms with Crippen molar-refractivity contribution >= 4 is 0 Å². The van der Waals surface area contributed by atoms with Crippen LogP contribution in [0, 0.1) is 5.92 Å². The second kappa shape index (κ2) is 5.65. The molecule has 0 aliphatic rings. The van der Waals surface area contributed by atoms with Gasteiger partial charge in [0.2, 0.25) is 0 Å². The summed E-state index contributed by atoms with van der Waals surface area (Å²) in [5.74, 6) is 0.622. The molecule has 1 aromatic rings. The van der Waals surface area contributed by atoms with Gasteiger partial charge in [-0.15, -0.1) is 0 Å². The maximum absolute atomic E-state index is 4.24. The van der Waals surface area contributed by atoms with Gasteiger partial charge < -0.3 is 5.32 Å². The van der Waals surface area contributed by atoms with Crippen molar-refractivity contribution in [3.8, 4) is 0 Å². The molecule has 3 nitrogen and oxygen atoms in total. The molecule has 0 saturated carbocycles. The average Bonchev–Trinajstić information content (AvgIpc) is 2.16. The van der Waals surface area contributed by atoms with Gasteiger partial charge in [-0.25, -0.2) is 0 Å². The summed E-state index contributed by atoms with van der Waals surface area (Å²) < 4.78 is 0. The van der Waals surface area contributed by atoms with Gasteiger partial charge in [-0.1, -0.05) is 13.8 Å². The number of nitrogens with one attached hydrogen (secondary N) is 1. The molecule has 72 valence electrons. The highest BCUT2D eigenvalue weighted by Gasteiger charge is 2.03. The largest absolute Gasteiger partial charge is 0.317 e. The zero-order valence-electron chi connectivity index (χ0n) is 8.33. The Morgan fingerprint density at radius 3 is 2.92 bits per heavy atom. The first-order valence-electron chi connectivity index (χ1n) is 4.78. The summed E-state index contributed by atoms with van der Waals surface area (Å²) in [6.07, 6.45) is 6.29. The van der Waals surface area contributed by atoms with E-state index in [1.807, 2.05) is 6.20 Å². The SMILES string of the molecule is CCNCC(C)Cc1cnccn1. The quantitative estimate of drug-likeness (QED) is 0.739. The number of aromatic nitrogens is 2. The molecule has 1 N–H and O–H groups in total. The van der Waals surface area contributed by atoms with Crippen LogP contribution in [0.3, 0.4) is 0 Å². The van der Waals surface area contributed by atoms with Crippen LogP contribution < -0.4 is 5.32 Å². The predicted molar refractivity (Wildman–Crippen MR) is 53.4 cm³/mol. The third-order valence-corrected chi connectivity index (χ3v) is 1.92. The van der Waals surface area contributed by atoms with Crippen molar-refractivity contribution in [2.24, 2.45) is 5.92 Å². The van der Waals surface area contributed by atoms with Crippen LogP contribution in [0.5, 0.6) is 0 Å². The smallest absolute Gasteiger partial charge is 0.0589 e. The number of hydrogen-bond acceptors (Lipinski definition) is 3. The molecule has 0 fully saturated rings. The van der Waals surface area contributed by atoms with Crippen LogP contribution in [0.15, 0.2) is 18.6 Å². The Bertz CT molecular complexity index is 223. The summed E-state index contributed by atoms with van der Waals surface area (Å²) in [7, 11) is 0. The minimum Gasteiger partial charge on any atom is -0.317 e. The van der Waals surface area contributed by atoms with Crippen LogP contribution in [-0.2, 0) is 6.42 Å². The van der Waals surface area contributed by atoms with E-state index in [9.17, 15) is 0 Å². The Hall–Kier alpha value is -0.960. The Kier molecular flexibility index (Phi) is 4.40. The van der Waals surface area contributed by atoms with Gasteiger partial charge in [0.25, 0.3) is 0 Å². The van der Waals surface area contributed by atoms with Crippen molar-refractivity contribution in [2.45, 2.75) is 20.3 Å². The van der Waals surface area contributed by atoms with E-state index in [2.05, 4.69) is 29.1 Å². The van der Waals surface area contributed by atoms with Gasteiger partial charge in [-0.05, 0) is 25.4 Å². The van der Waals surface area contributed by atoms with Crippen LogP contribution in [0.2, 0.25) is 0 Å². The number of nitrogens with zero attached hydrogens (tertiary/aromatic N) is 2. The third kappa shape index (κ3) is 3.99. The topological polar surface area (TPSA) is 37.8 Å². The van der Waals surface area contributed by atoms with Crippen molar-refractivity contribution in [2.75, 3.05) is 13.1 Å². The fourth-order valence-electron chi connectivity index (χ4n) is 1.26. The van der Waals surface area contributed by atoms with Crippen LogP contribution in [0.25, 0.3) is 0 Å². The second-order valence-electron chi connectivity index (χ2n) is 3.31. The lowest BCUT2D eigenvalue weighted by Crippen LogP contribution is -2.22. The first-order chi connectivity index (χ1) is 6.33. The van der Waals surface area contributed by atoms with Gasteiger partial charge in [-0.3, -0.25) is 9.97 Å². The van der Waals surface area contributed by atoms with Gasteiger partial charge in [0.1, 0.15) is 0 Å². The molecule has 0 amide bonds. The second-order valence-corrected chi connectivity index (χ2v) is 3.31. The lowest BCUT2D eigenvalue weighted by atomic mass is 10.1. The van der Waals surface area contributed by atoms with E-state index in [0.29, 0.717) is 5.92 Å². The average molecular weight is 179 g/mol. The van der Waals surface area contributed by atoms with Crippen molar-refractivity contribution in [3.63, 3.8) is 0 Å². The fourth-order valence-corrected chi connectivity index (χ4v) is 1.26. The van der Waals surface area contributed by atoms with Gasteiger partial charge >= 0.3 is 0 Å². The number of rotatable bonds is 5. The standard InChI is InChI=1S/C10H17N3/c1-3-11-7-9(2)6-10-8-12-4-5-13-10/h4-5,8-9,11H,3,6-7H2,1-2H3. The van der Waals surface area contributed by atoms with E-state index in [0.717, 1.165) is 25.2 Å². The highest BCUT2D eigenvalue weighted by molar-refractivity contribution is 4.95. The minimum atomic E-state index is 0.622. The number of hydrogen-bond donors (Lipinski definition) is 1. The van der Waals surface area contributed by atoms with Gasteiger partial charge in [0.05, 0.1) is 5.69 Å². The molecule has 0 aliphatic heterocycles. The Labute approximate surface area is 79.6 Å². The minimum absolute atomic E-state index is 0.622. The maximum Gasteiger partial charge on any atom is 0.0589 e. The maximum atomic E-state index is 4.24. The third-order valence-electron chi connectivity index (χ3n) is 1.92. The van der Waals surface area contributed by atoms with Crippen molar-refractivity contribution < 1.29 is 0 Å². The zero-order chi connectivity index (χ0) is 9.52. The molecule has 0 radical (unpaired) electrons. The van der Waals surface area contributed by atoms with E-state index < -0.39 is 0 Å². The molecule has 1 heterocycles. The van der Waals surface area contributed by atoms with Gasteiger partial charge in [0, 0.05) is 18.6 Å². The molecule has 3 heteroatoms. The summed E-state index contributed by atoms with van der Waals surface area (Å²) in [5, 5.41) is 3.32. The molecule has 13 heavy (non-hydrogen) atoms. The Balaban J connectivity index is 2.32. The summed E-state index contributed by atoms with van der Waals surface area (Å²) >= 11 is 0. The van der Waals surface area contributed by atoms with E-state index in [4.69, 9.17) is 0 Å². The Morgan fingerprint density at radius 2 is 2.31 bits per heavy atom. The summed E-state index contributed by atoms with van der Waals surface area (Å²) in [6.45, 7) is 6.42. The summed E-state index contributed by atoms with van der Waals surface area (Å²) in [6, 6.07) is 0. The lowest BCUT2D eigenvalue weighted by Gasteiger charge is -2.10. The summed E-state index contributed by atoms with van der Waals surface area (Å²) in [4.78, 5) is 8.27. The first kappa shape index (κ1) is 10.1. The molecule has 1 unspecified atom stereocenters. The molecular weight excluding hydrogens is 162 g/mol. The highest BCUT2D eigenvalue weighted by atomic mass is 14.8. The highest BCUT2D eigenvalue weighted by Crippen LogP contribution is 2.02. The van der Waals surface area contributed by atoms with E-state index in [1.54, 1.807) is 12.4 Å². The summed E-state index contributed by atoms with van der Waals surface area (Å²) in [5.41, 5.74) is 1.08. The molecule has 0 saturated heterocycles. The van der Waals surface area contributed by atoms with Crippen molar-refractivity contribution in [1.29, 1.82) is 0 Å². The van der Waals surface area contributed by atoms with Crippen LogP contribution in [0.1, 0.15) is 19.5 Å². The fraction of sp³-hybridized carbons (Fsp3) is 0.600. The molecule has 1 atom stereocenters. The molecule has 0 bridgehead atoms. The van der Waals surface area contributed by atoms with Crippen molar-refractivity contribution in [3.05, 3.63) is 24.3 Å². The Morgan fingerprint density at radius 1 is 1.46 bits per heavy atom. The molecule has 1 rings (SSSR count). The van der Waals surface area contributed by atoms with Crippen LogP contribution >= 0.6 is 0 Å². The zero-order valence-corrected chi connectivity index (χ0v) is 8.33. The predicted octanol–water partition coefficient (Wildman–Crippen LogP) is 1.26. The van der Waals surface area contributed by atoms with Crippen LogP contribution in [0.4, 0.5) is 0 Å². The molecule has 1 aromatic heterocycles. The van der Waals surface area contributed by atoms with E-state index >= 15 is 0 Å². The molecule has 0 spiro atoms. The van der Waals surface area contributed by atoms with Gasteiger partial charge in [0.15, 0.2) is 0 Å². The van der Waals surface area contributed by atoms with Gasteiger partial charge in [-0.2, -0.15) is 0 Å². The normalized spacial score (nSPS) is 12.8. The first-order valence-corrected chi connectivity index (χ1v) is 4.78. The van der Waals surface area contributed by atoms with Crippen LogP contribution in [-0.4, -0.2) is 23.1 Å². The monoisotopic (exact) mass is 179 g/mol. The van der Waals surface area contributed by atoms with Crippen molar-refractivity contribution in [1.82, 2.24) is 15.3 Å². The van der Waals surface area contributed by atoms with E-state index in [-0.39, 0.29) is 0 Å². The molecular formula is C10H17N3. The lowest BCUT2D eigenvalue weighted by molar-refractivity contribution is 0.515. The molecule has 0 aromatic carbocycles.